The van der Waals surface area contributed by atoms with Crippen LogP contribution in [0.15, 0.2) is 0 Å². The SMILES string of the molecule is CNC(=O)CCC(=O)CNC(=O)CN(CC(=O)O)C(=O)CCC(=O)CN. The van der Waals surface area contributed by atoms with Crippen LogP contribution in [0, 0.1) is 0 Å². The highest BCUT2D eigenvalue weighted by molar-refractivity contribution is 5.92. The minimum Gasteiger partial charge on any atom is -0.480 e. The third-order valence-electron chi connectivity index (χ3n) is 3.25. The monoisotopic (exact) mass is 372 g/mol. The first-order valence-corrected chi connectivity index (χ1v) is 7.89. The predicted molar refractivity (Wildman–Crippen MR) is 88.8 cm³/mol. The Hall–Kier alpha value is -2.82. The first kappa shape index (κ1) is 23.2. The van der Waals surface area contributed by atoms with Crippen molar-refractivity contribution in [3.05, 3.63) is 0 Å². The summed E-state index contributed by atoms with van der Waals surface area (Å²) in [4.78, 5) is 69.1. The number of nitrogens with zero attached hydrogens (tertiary/aromatic N) is 1. The van der Waals surface area contributed by atoms with Gasteiger partial charge in [0.25, 0.3) is 0 Å². The highest BCUT2D eigenvalue weighted by atomic mass is 16.4. The van der Waals surface area contributed by atoms with Crippen molar-refractivity contribution in [2.24, 2.45) is 5.73 Å². The molecule has 0 aliphatic heterocycles. The summed E-state index contributed by atoms with van der Waals surface area (Å²) in [6.45, 7) is -1.85. The highest BCUT2D eigenvalue weighted by Gasteiger charge is 2.20. The molecular weight excluding hydrogens is 348 g/mol. The zero-order valence-electron chi connectivity index (χ0n) is 14.6. The molecule has 11 heteroatoms. The molecule has 0 aromatic heterocycles. The Morgan fingerprint density at radius 1 is 0.885 bits per heavy atom. The lowest BCUT2D eigenvalue weighted by atomic mass is 10.2. The Bertz CT molecular complexity index is 562. The van der Waals surface area contributed by atoms with Crippen LogP contribution in [0.1, 0.15) is 25.7 Å². The predicted octanol–water partition coefficient (Wildman–Crippen LogP) is -2.58. The second-order valence-corrected chi connectivity index (χ2v) is 5.37. The molecule has 0 aromatic carbocycles. The molecule has 0 aromatic rings. The molecule has 0 unspecified atom stereocenters. The maximum Gasteiger partial charge on any atom is 0.323 e. The molecule has 0 fully saturated rings. The van der Waals surface area contributed by atoms with Gasteiger partial charge in [0.15, 0.2) is 5.78 Å². The molecule has 3 amide bonds. The summed E-state index contributed by atoms with van der Waals surface area (Å²) in [5.41, 5.74) is 5.13. The van der Waals surface area contributed by atoms with E-state index in [0.717, 1.165) is 4.90 Å². The van der Waals surface area contributed by atoms with Crippen LogP contribution in [0.25, 0.3) is 0 Å². The molecule has 0 spiro atoms. The maximum atomic E-state index is 12.0. The smallest absolute Gasteiger partial charge is 0.323 e. The van der Waals surface area contributed by atoms with Crippen molar-refractivity contribution in [3.63, 3.8) is 0 Å². The van der Waals surface area contributed by atoms with E-state index in [1.807, 2.05) is 0 Å². The second kappa shape index (κ2) is 12.5. The number of ketones is 2. The van der Waals surface area contributed by atoms with Gasteiger partial charge in [-0.2, -0.15) is 0 Å². The number of hydrogen-bond acceptors (Lipinski definition) is 7. The van der Waals surface area contributed by atoms with Crippen molar-refractivity contribution < 1.29 is 33.9 Å². The third-order valence-corrected chi connectivity index (χ3v) is 3.25. The number of nitrogens with two attached hydrogens (primary N) is 1. The van der Waals surface area contributed by atoms with Gasteiger partial charge in [-0.25, -0.2) is 0 Å². The average molecular weight is 372 g/mol. The number of hydrogen-bond donors (Lipinski definition) is 4. The van der Waals surface area contributed by atoms with Gasteiger partial charge in [0, 0.05) is 32.7 Å². The number of amides is 3. The fraction of sp³-hybridized carbons (Fsp3) is 0.600. The topological polar surface area (TPSA) is 176 Å². The summed E-state index contributed by atoms with van der Waals surface area (Å²) >= 11 is 0. The van der Waals surface area contributed by atoms with Gasteiger partial charge in [0.1, 0.15) is 18.9 Å². The van der Waals surface area contributed by atoms with E-state index in [4.69, 9.17) is 10.8 Å². The number of carbonyl (C=O) groups excluding carboxylic acids is 5. The zero-order valence-corrected chi connectivity index (χ0v) is 14.6. The number of nitrogens with one attached hydrogen (secondary N) is 2. The lowest BCUT2D eigenvalue weighted by Gasteiger charge is -2.20. The average Bonchev–Trinajstić information content (AvgIpc) is 2.60. The Morgan fingerprint density at radius 2 is 1.50 bits per heavy atom. The van der Waals surface area contributed by atoms with Crippen LogP contribution in [0.3, 0.4) is 0 Å². The minimum absolute atomic E-state index is 0.00992. The van der Waals surface area contributed by atoms with Crippen LogP contribution >= 0.6 is 0 Å². The summed E-state index contributed by atoms with van der Waals surface area (Å²) in [6.07, 6.45) is -0.477. The molecule has 11 nitrogen and oxygen atoms in total. The van der Waals surface area contributed by atoms with Gasteiger partial charge in [-0.3, -0.25) is 28.8 Å². The molecule has 146 valence electrons. The van der Waals surface area contributed by atoms with E-state index in [1.54, 1.807) is 0 Å². The first-order chi connectivity index (χ1) is 12.2. The van der Waals surface area contributed by atoms with Gasteiger partial charge in [0.2, 0.25) is 17.7 Å². The van der Waals surface area contributed by atoms with Gasteiger partial charge in [-0.1, -0.05) is 0 Å². The van der Waals surface area contributed by atoms with Crippen molar-refractivity contribution in [3.8, 4) is 0 Å². The van der Waals surface area contributed by atoms with E-state index in [9.17, 15) is 28.8 Å². The molecule has 0 atom stereocenters. The van der Waals surface area contributed by atoms with Gasteiger partial charge < -0.3 is 26.4 Å². The van der Waals surface area contributed by atoms with Gasteiger partial charge in [0.05, 0.1) is 13.1 Å². The van der Waals surface area contributed by atoms with Crippen molar-refractivity contribution in [2.75, 3.05) is 33.2 Å². The number of rotatable bonds is 13. The van der Waals surface area contributed by atoms with E-state index in [0.29, 0.717) is 0 Å². The summed E-state index contributed by atoms with van der Waals surface area (Å²) in [5, 5.41) is 13.4. The van der Waals surface area contributed by atoms with Crippen LogP contribution in [-0.2, 0) is 28.8 Å². The number of aliphatic carboxylic acids is 1. The van der Waals surface area contributed by atoms with Crippen LogP contribution in [-0.4, -0.2) is 78.5 Å². The van der Waals surface area contributed by atoms with Crippen molar-refractivity contribution in [1.82, 2.24) is 15.5 Å². The van der Waals surface area contributed by atoms with E-state index in [1.165, 1.54) is 7.05 Å². The fourth-order valence-electron chi connectivity index (χ4n) is 1.79. The van der Waals surface area contributed by atoms with E-state index >= 15 is 0 Å². The summed E-state index contributed by atoms with van der Waals surface area (Å²) in [5.74, 6) is -3.78. The first-order valence-electron chi connectivity index (χ1n) is 7.89. The number of carboxylic acid groups (broad SMARTS) is 1. The van der Waals surface area contributed by atoms with E-state index in [2.05, 4.69) is 10.6 Å². The zero-order chi connectivity index (χ0) is 20.1. The summed E-state index contributed by atoms with van der Waals surface area (Å²) in [7, 11) is 1.43. The normalized spacial score (nSPS) is 9.92. The molecule has 0 radical (unpaired) electrons. The van der Waals surface area contributed by atoms with Gasteiger partial charge >= 0.3 is 5.97 Å². The van der Waals surface area contributed by atoms with Crippen LogP contribution in [0.4, 0.5) is 0 Å². The number of carbonyl (C=O) groups is 6. The van der Waals surface area contributed by atoms with Gasteiger partial charge in [-0.15, -0.1) is 0 Å². The lowest BCUT2D eigenvalue weighted by molar-refractivity contribution is -0.146. The molecule has 5 N–H and O–H groups in total. The van der Waals surface area contributed by atoms with E-state index in [-0.39, 0.29) is 56.2 Å². The van der Waals surface area contributed by atoms with Crippen LogP contribution in [0.2, 0.25) is 0 Å². The molecule has 26 heavy (non-hydrogen) atoms. The Morgan fingerprint density at radius 3 is 2.04 bits per heavy atom. The third kappa shape index (κ3) is 10.9. The molecule has 0 aliphatic carbocycles. The van der Waals surface area contributed by atoms with Gasteiger partial charge in [-0.05, 0) is 0 Å². The summed E-state index contributed by atoms with van der Waals surface area (Å²) < 4.78 is 0. The number of carboxylic acids is 1. The quantitative estimate of drug-likeness (QED) is 0.272. The molecular formula is C15H24N4O7. The van der Waals surface area contributed by atoms with Crippen molar-refractivity contribution in [2.45, 2.75) is 25.7 Å². The largest absolute Gasteiger partial charge is 0.480 e. The molecule has 0 bridgehead atoms. The lowest BCUT2D eigenvalue weighted by Crippen LogP contribution is -2.44. The summed E-state index contributed by atoms with van der Waals surface area (Å²) in [6, 6.07) is 0. The fourth-order valence-corrected chi connectivity index (χ4v) is 1.79. The Kier molecular flexibility index (Phi) is 11.2. The molecule has 0 heterocycles. The molecule has 0 aliphatic rings. The van der Waals surface area contributed by atoms with Crippen LogP contribution in [0.5, 0.6) is 0 Å². The highest BCUT2D eigenvalue weighted by Crippen LogP contribution is 1.99. The molecule has 0 saturated heterocycles. The standard InChI is InChI=1S/C15H24N4O7/c1-17-12(22)4-2-11(21)7-18-13(23)8-19(9-15(25)26)14(24)5-3-10(20)6-16/h2-9,16H2,1H3,(H,17,22)(H,18,23)(H,25,26). The Balaban J connectivity index is 4.47. The van der Waals surface area contributed by atoms with Crippen molar-refractivity contribution >= 4 is 35.3 Å². The van der Waals surface area contributed by atoms with Crippen LogP contribution < -0.4 is 16.4 Å². The molecule has 0 rings (SSSR count). The number of Topliss-reactive ketones (excluding diaryl/α,β-unsaturated/α-hetero) is 2. The second-order valence-electron chi connectivity index (χ2n) is 5.37. The minimum atomic E-state index is -1.32. The van der Waals surface area contributed by atoms with Crippen molar-refractivity contribution in [1.29, 1.82) is 0 Å². The molecule has 0 saturated carbocycles. The Labute approximate surface area is 150 Å². The van der Waals surface area contributed by atoms with E-state index < -0.39 is 30.9 Å². The maximum absolute atomic E-state index is 12.0.